The van der Waals surface area contributed by atoms with Gasteiger partial charge in [0, 0.05) is 14.1 Å². The number of aliphatic hydroxyl groups is 2. The van der Waals surface area contributed by atoms with Gasteiger partial charge in [-0.2, -0.15) is 10.4 Å². The molecule has 2 aromatic heterocycles. The third-order valence-electron chi connectivity index (χ3n) is 4.39. The summed E-state index contributed by atoms with van der Waals surface area (Å²) in [6.07, 6.45) is -2.65. The van der Waals surface area contributed by atoms with Gasteiger partial charge in [0.1, 0.15) is 42.8 Å². The van der Waals surface area contributed by atoms with Crippen molar-refractivity contribution in [2.75, 3.05) is 26.8 Å². The zero-order chi connectivity index (χ0) is 21.9. The number of carbonyl (C=O) groups is 1. The van der Waals surface area contributed by atoms with Crippen molar-refractivity contribution in [1.29, 1.82) is 5.26 Å². The predicted molar refractivity (Wildman–Crippen MR) is 102 cm³/mol. The number of carbonyl (C=O) groups excluding carboxylic acids is 1. The fourth-order valence-corrected chi connectivity index (χ4v) is 3.11. The lowest BCUT2D eigenvalue weighted by atomic mass is 9.92. The molecule has 160 valence electrons. The average Bonchev–Trinajstić information content (AvgIpc) is 3.26. The standard InChI is InChI=1S/C17H19ClN6O6/c1-23(2)9-21-15-10-3-4-12(24(10)22-8-20-15)17(6-19)14(26)13(25)11(30-17)5-28-16(27)29-7-18/h3-4,8-9,11,13-14,25-26H,5,7H2,1-2H3/t11-,13-,14-,17+/m1/s1. The topological polar surface area (TPSA) is 155 Å². The summed E-state index contributed by atoms with van der Waals surface area (Å²) in [6, 6.07) is 4.63. The van der Waals surface area contributed by atoms with Crippen molar-refractivity contribution in [3.05, 3.63) is 24.2 Å². The van der Waals surface area contributed by atoms with Gasteiger partial charge in [0.05, 0.1) is 12.0 Å². The van der Waals surface area contributed by atoms with Crippen LogP contribution in [0.5, 0.6) is 0 Å². The first-order valence-electron chi connectivity index (χ1n) is 8.68. The summed E-state index contributed by atoms with van der Waals surface area (Å²) < 4.78 is 16.3. The SMILES string of the molecule is CN(C)C=Nc1ncnn2c([C@]3(C#N)O[C@H](COC(=O)OCCl)[C@@H](O)[C@H]3O)ccc12. The van der Waals surface area contributed by atoms with Crippen LogP contribution in [0.1, 0.15) is 5.69 Å². The van der Waals surface area contributed by atoms with E-state index in [2.05, 4.69) is 19.8 Å². The van der Waals surface area contributed by atoms with Crippen molar-refractivity contribution in [2.24, 2.45) is 4.99 Å². The molecule has 0 aromatic carbocycles. The molecule has 0 amide bonds. The number of hydrogen-bond donors (Lipinski definition) is 2. The Morgan fingerprint density at radius 1 is 1.50 bits per heavy atom. The summed E-state index contributed by atoms with van der Waals surface area (Å²) in [5.74, 6) is 0.328. The molecule has 1 aliphatic heterocycles. The van der Waals surface area contributed by atoms with E-state index in [9.17, 15) is 20.3 Å². The number of aromatic nitrogens is 3. The molecule has 0 bridgehead atoms. The number of aliphatic hydroxyl groups excluding tert-OH is 2. The highest BCUT2D eigenvalue weighted by molar-refractivity contribution is 6.17. The molecule has 3 rings (SSSR count). The Morgan fingerprint density at radius 2 is 2.27 bits per heavy atom. The molecule has 0 saturated carbocycles. The lowest BCUT2D eigenvalue weighted by Crippen LogP contribution is -2.41. The Labute approximate surface area is 175 Å². The number of rotatable bonds is 6. The molecule has 2 N–H and O–H groups in total. The van der Waals surface area contributed by atoms with Crippen LogP contribution in [0.2, 0.25) is 0 Å². The van der Waals surface area contributed by atoms with Crippen molar-refractivity contribution in [3.8, 4) is 6.07 Å². The van der Waals surface area contributed by atoms with Gasteiger partial charge in [-0.15, -0.1) is 0 Å². The summed E-state index contributed by atoms with van der Waals surface area (Å²) in [5, 5.41) is 35.0. The van der Waals surface area contributed by atoms with Crippen molar-refractivity contribution in [2.45, 2.75) is 23.9 Å². The maximum Gasteiger partial charge on any atom is 0.509 e. The summed E-state index contributed by atoms with van der Waals surface area (Å²) >= 11 is 5.27. The quantitative estimate of drug-likeness (QED) is 0.275. The molecule has 1 saturated heterocycles. The minimum Gasteiger partial charge on any atom is -0.431 e. The molecule has 1 fully saturated rings. The molecule has 13 heteroatoms. The lowest BCUT2D eigenvalue weighted by Gasteiger charge is -2.24. The number of nitrogens with zero attached hydrogens (tertiary/aromatic N) is 6. The highest BCUT2D eigenvalue weighted by Gasteiger charge is 2.57. The van der Waals surface area contributed by atoms with Crippen molar-refractivity contribution < 1.29 is 29.2 Å². The number of ether oxygens (including phenoxy) is 3. The second kappa shape index (κ2) is 8.80. The van der Waals surface area contributed by atoms with Crippen molar-refractivity contribution in [1.82, 2.24) is 19.5 Å². The number of hydrogen-bond acceptors (Lipinski definition) is 10. The monoisotopic (exact) mass is 438 g/mol. The zero-order valence-electron chi connectivity index (χ0n) is 16.0. The summed E-state index contributed by atoms with van der Waals surface area (Å²) in [5.41, 5.74) is -1.37. The second-order valence-electron chi connectivity index (χ2n) is 6.56. The minimum absolute atomic E-state index is 0.154. The Balaban J connectivity index is 1.95. The zero-order valence-corrected chi connectivity index (χ0v) is 16.8. The lowest BCUT2D eigenvalue weighted by molar-refractivity contribution is -0.0711. The van der Waals surface area contributed by atoms with E-state index in [0.717, 1.165) is 0 Å². The van der Waals surface area contributed by atoms with Crippen LogP contribution in [0.15, 0.2) is 23.5 Å². The van der Waals surface area contributed by atoms with Gasteiger partial charge < -0.3 is 29.3 Å². The van der Waals surface area contributed by atoms with E-state index in [-0.39, 0.29) is 5.69 Å². The minimum atomic E-state index is -1.98. The normalized spacial score (nSPS) is 26.1. The van der Waals surface area contributed by atoms with Gasteiger partial charge in [-0.3, -0.25) is 0 Å². The summed E-state index contributed by atoms with van der Waals surface area (Å²) in [6.45, 7) is -0.464. The highest BCUT2D eigenvalue weighted by atomic mass is 35.5. The number of alkyl halides is 1. The van der Waals surface area contributed by atoms with Gasteiger partial charge >= 0.3 is 6.16 Å². The van der Waals surface area contributed by atoms with Crippen molar-refractivity contribution >= 4 is 35.4 Å². The average molecular weight is 439 g/mol. The van der Waals surface area contributed by atoms with E-state index < -0.39 is 42.7 Å². The van der Waals surface area contributed by atoms with Crippen LogP contribution in [0.25, 0.3) is 5.52 Å². The predicted octanol–water partition coefficient (Wildman–Crippen LogP) is 0.140. The van der Waals surface area contributed by atoms with Gasteiger partial charge in [-0.25, -0.2) is 19.3 Å². The Morgan fingerprint density at radius 3 is 2.93 bits per heavy atom. The van der Waals surface area contributed by atoms with Crippen molar-refractivity contribution in [3.63, 3.8) is 0 Å². The van der Waals surface area contributed by atoms with Gasteiger partial charge in [0.15, 0.2) is 11.9 Å². The van der Waals surface area contributed by atoms with E-state index in [4.69, 9.17) is 21.1 Å². The van der Waals surface area contributed by atoms with Crippen LogP contribution in [0, 0.1) is 11.3 Å². The first-order valence-corrected chi connectivity index (χ1v) is 9.22. The van der Waals surface area contributed by atoms with Crippen LogP contribution in [0.3, 0.4) is 0 Å². The molecule has 4 atom stereocenters. The summed E-state index contributed by atoms with van der Waals surface area (Å²) in [7, 11) is 3.59. The van der Waals surface area contributed by atoms with Gasteiger partial charge in [-0.1, -0.05) is 11.6 Å². The van der Waals surface area contributed by atoms with Crippen LogP contribution in [-0.4, -0.2) is 87.3 Å². The molecular formula is C17H19ClN6O6. The molecule has 30 heavy (non-hydrogen) atoms. The molecule has 3 heterocycles. The van der Waals surface area contributed by atoms with Gasteiger partial charge in [0.2, 0.25) is 5.60 Å². The Bertz CT molecular complexity index is 991. The van der Waals surface area contributed by atoms with E-state index in [0.29, 0.717) is 11.3 Å². The molecule has 2 aromatic rings. The molecule has 1 aliphatic rings. The first-order chi connectivity index (χ1) is 14.3. The third kappa shape index (κ3) is 3.88. The highest BCUT2D eigenvalue weighted by Crippen LogP contribution is 2.40. The van der Waals surface area contributed by atoms with Crippen LogP contribution >= 0.6 is 11.6 Å². The molecule has 0 spiro atoms. The largest absolute Gasteiger partial charge is 0.509 e. The Kier molecular flexibility index (Phi) is 6.37. The number of fused-ring (bicyclic) bond motifs is 1. The molecule has 0 aliphatic carbocycles. The van der Waals surface area contributed by atoms with Crippen LogP contribution in [0.4, 0.5) is 10.6 Å². The number of nitriles is 1. The fraction of sp³-hybridized carbons (Fsp3) is 0.471. The van der Waals surface area contributed by atoms with Gasteiger partial charge in [-0.05, 0) is 12.1 Å². The maximum absolute atomic E-state index is 11.3. The van der Waals surface area contributed by atoms with E-state index in [1.807, 2.05) is 6.07 Å². The van der Waals surface area contributed by atoms with E-state index >= 15 is 0 Å². The smallest absolute Gasteiger partial charge is 0.431 e. The van der Waals surface area contributed by atoms with Gasteiger partial charge in [0.25, 0.3) is 0 Å². The molecule has 0 unspecified atom stereocenters. The second-order valence-corrected chi connectivity index (χ2v) is 6.78. The molecule has 12 nitrogen and oxygen atoms in total. The van der Waals surface area contributed by atoms with E-state index in [1.54, 1.807) is 31.4 Å². The molecule has 0 radical (unpaired) electrons. The fourth-order valence-electron chi connectivity index (χ4n) is 3.02. The van der Waals surface area contributed by atoms with Crippen LogP contribution in [-0.2, 0) is 19.8 Å². The number of aliphatic imine (C=N–C) groups is 1. The van der Waals surface area contributed by atoms with Crippen LogP contribution < -0.4 is 0 Å². The first kappa shape index (κ1) is 21.7. The maximum atomic E-state index is 11.3. The molecular weight excluding hydrogens is 420 g/mol. The summed E-state index contributed by atoms with van der Waals surface area (Å²) in [4.78, 5) is 21.4. The van der Waals surface area contributed by atoms with E-state index in [1.165, 1.54) is 16.9 Å². The number of halogens is 1. The third-order valence-corrected chi connectivity index (χ3v) is 4.49. The Hall–Kier alpha value is -2.98.